The second-order valence-corrected chi connectivity index (χ2v) is 6.89. The Labute approximate surface area is 115 Å². The normalized spacial score (nSPS) is 22.7. The number of amides is 1. The summed E-state index contributed by atoms with van der Waals surface area (Å²) in [6.07, 6.45) is 8.55. The van der Waals surface area contributed by atoms with Crippen LogP contribution in [0.5, 0.6) is 0 Å². The average Bonchev–Trinajstić information content (AvgIpc) is 3.19. The topological polar surface area (TPSA) is 55.1 Å². The van der Waals surface area contributed by atoms with Gasteiger partial charge in [-0.15, -0.1) is 0 Å². The lowest BCUT2D eigenvalue weighted by Gasteiger charge is -2.32. The summed E-state index contributed by atoms with van der Waals surface area (Å²) < 4.78 is 0. The van der Waals surface area contributed by atoms with Gasteiger partial charge in [-0.1, -0.05) is 19.8 Å². The zero-order valence-corrected chi connectivity index (χ0v) is 12.2. The van der Waals surface area contributed by atoms with E-state index in [1.54, 1.807) is 0 Å². The molecule has 104 valence electrons. The van der Waals surface area contributed by atoms with Crippen molar-refractivity contribution in [1.82, 2.24) is 5.32 Å². The lowest BCUT2D eigenvalue weighted by molar-refractivity contribution is -0.124. The van der Waals surface area contributed by atoms with Crippen molar-refractivity contribution in [3.63, 3.8) is 0 Å². The molecule has 0 aromatic rings. The number of nitrogens with one attached hydrogen (secondary N) is 1. The molecule has 2 aliphatic carbocycles. The highest BCUT2D eigenvalue weighted by atomic mass is 32.2. The van der Waals surface area contributed by atoms with E-state index in [2.05, 4.69) is 12.2 Å². The second-order valence-electron chi connectivity index (χ2n) is 5.79. The molecule has 2 fully saturated rings. The zero-order valence-electron chi connectivity index (χ0n) is 11.4. The number of carbonyl (C=O) groups is 1. The summed E-state index contributed by atoms with van der Waals surface area (Å²) in [5.74, 6) is 2.39. The summed E-state index contributed by atoms with van der Waals surface area (Å²) in [6.45, 7) is 2.22. The number of unbranched alkanes of at least 4 members (excludes halogenated alkanes) is 2. The SMILES string of the molecule is CCCCCSCC(NC1CC1)(C(N)=O)C1CC1. The molecule has 0 spiro atoms. The van der Waals surface area contributed by atoms with Crippen LogP contribution in [0, 0.1) is 5.92 Å². The Bertz CT molecular complexity index is 290. The van der Waals surface area contributed by atoms with E-state index in [9.17, 15) is 4.79 Å². The molecule has 0 saturated heterocycles. The van der Waals surface area contributed by atoms with Crippen LogP contribution in [0.25, 0.3) is 0 Å². The number of carbonyl (C=O) groups excluding carboxylic acids is 1. The molecular formula is C14H26N2OS. The summed E-state index contributed by atoms with van der Waals surface area (Å²) in [4.78, 5) is 11.9. The first kappa shape index (κ1) is 14.2. The summed E-state index contributed by atoms with van der Waals surface area (Å²) >= 11 is 1.90. The first-order chi connectivity index (χ1) is 8.69. The minimum atomic E-state index is -0.405. The van der Waals surface area contributed by atoms with E-state index in [1.807, 2.05) is 11.8 Å². The van der Waals surface area contributed by atoms with Crippen LogP contribution in [-0.4, -0.2) is 29.0 Å². The lowest BCUT2D eigenvalue weighted by atomic mass is 9.94. The van der Waals surface area contributed by atoms with Crippen molar-refractivity contribution in [3.8, 4) is 0 Å². The van der Waals surface area contributed by atoms with Gasteiger partial charge >= 0.3 is 0 Å². The van der Waals surface area contributed by atoms with E-state index in [4.69, 9.17) is 5.73 Å². The molecule has 18 heavy (non-hydrogen) atoms. The number of rotatable bonds is 10. The predicted octanol–water partition coefficient (Wildman–Crippen LogP) is 2.30. The van der Waals surface area contributed by atoms with Gasteiger partial charge in [0, 0.05) is 11.8 Å². The Kier molecular flexibility index (Phi) is 4.96. The Hall–Kier alpha value is -0.220. The van der Waals surface area contributed by atoms with E-state index >= 15 is 0 Å². The van der Waals surface area contributed by atoms with E-state index < -0.39 is 5.54 Å². The molecule has 0 aliphatic heterocycles. The van der Waals surface area contributed by atoms with Gasteiger partial charge in [0.15, 0.2) is 0 Å². The fourth-order valence-electron chi connectivity index (χ4n) is 2.48. The van der Waals surface area contributed by atoms with Crippen LogP contribution < -0.4 is 11.1 Å². The minimum Gasteiger partial charge on any atom is -0.368 e. The van der Waals surface area contributed by atoms with Crippen LogP contribution in [0.15, 0.2) is 0 Å². The van der Waals surface area contributed by atoms with Crippen LogP contribution in [0.2, 0.25) is 0 Å². The summed E-state index contributed by atoms with van der Waals surface area (Å²) in [5.41, 5.74) is 5.31. The number of thioether (sulfide) groups is 1. The van der Waals surface area contributed by atoms with Gasteiger partial charge in [0.05, 0.1) is 0 Å². The number of primary amides is 1. The quantitative estimate of drug-likeness (QED) is 0.599. The third-order valence-corrected chi connectivity index (χ3v) is 5.21. The minimum absolute atomic E-state index is 0.125. The van der Waals surface area contributed by atoms with E-state index in [1.165, 1.54) is 32.1 Å². The fourth-order valence-corrected chi connectivity index (χ4v) is 3.81. The number of hydrogen-bond donors (Lipinski definition) is 2. The highest BCUT2D eigenvalue weighted by Gasteiger charge is 2.51. The first-order valence-corrected chi connectivity index (χ1v) is 8.50. The standard InChI is InChI=1S/C14H26N2OS/c1-2-3-4-9-18-10-14(13(15)17,11-5-6-11)16-12-7-8-12/h11-12,16H,2-10H2,1H3,(H2,15,17). The molecule has 1 unspecified atom stereocenters. The van der Waals surface area contributed by atoms with Crippen molar-refractivity contribution in [3.05, 3.63) is 0 Å². The van der Waals surface area contributed by atoms with Crippen molar-refractivity contribution < 1.29 is 4.79 Å². The number of nitrogens with two attached hydrogens (primary N) is 1. The Morgan fingerprint density at radius 1 is 1.33 bits per heavy atom. The van der Waals surface area contributed by atoms with Crippen molar-refractivity contribution in [1.29, 1.82) is 0 Å². The van der Waals surface area contributed by atoms with Crippen molar-refractivity contribution in [2.45, 2.75) is 63.5 Å². The smallest absolute Gasteiger partial charge is 0.238 e. The Morgan fingerprint density at radius 3 is 2.56 bits per heavy atom. The monoisotopic (exact) mass is 270 g/mol. The van der Waals surface area contributed by atoms with Crippen molar-refractivity contribution >= 4 is 17.7 Å². The fraction of sp³-hybridized carbons (Fsp3) is 0.929. The van der Waals surface area contributed by atoms with E-state index in [0.717, 1.165) is 24.3 Å². The molecular weight excluding hydrogens is 244 g/mol. The molecule has 2 rings (SSSR count). The van der Waals surface area contributed by atoms with Gasteiger partial charge in [-0.2, -0.15) is 11.8 Å². The predicted molar refractivity (Wildman–Crippen MR) is 77.7 cm³/mol. The van der Waals surface area contributed by atoms with Crippen LogP contribution >= 0.6 is 11.8 Å². The molecule has 1 atom stereocenters. The van der Waals surface area contributed by atoms with Gasteiger partial charge in [0.25, 0.3) is 0 Å². The molecule has 0 radical (unpaired) electrons. The Balaban J connectivity index is 1.84. The van der Waals surface area contributed by atoms with Gasteiger partial charge < -0.3 is 5.73 Å². The summed E-state index contributed by atoms with van der Waals surface area (Å²) in [6, 6.07) is 0.550. The zero-order chi connectivity index (χ0) is 13.0. The maximum atomic E-state index is 11.9. The molecule has 0 aromatic carbocycles. The van der Waals surface area contributed by atoms with E-state index in [0.29, 0.717) is 12.0 Å². The van der Waals surface area contributed by atoms with Crippen LogP contribution in [0.4, 0.5) is 0 Å². The van der Waals surface area contributed by atoms with Gasteiger partial charge in [-0.05, 0) is 43.8 Å². The molecule has 1 amide bonds. The molecule has 2 aliphatic rings. The summed E-state index contributed by atoms with van der Waals surface area (Å²) in [7, 11) is 0. The molecule has 3 nitrogen and oxygen atoms in total. The molecule has 0 heterocycles. The Morgan fingerprint density at radius 2 is 2.06 bits per heavy atom. The van der Waals surface area contributed by atoms with Crippen LogP contribution in [-0.2, 0) is 4.79 Å². The van der Waals surface area contributed by atoms with Crippen LogP contribution in [0.3, 0.4) is 0 Å². The molecule has 0 aromatic heterocycles. The van der Waals surface area contributed by atoms with Gasteiger partial charge in [0.2, 0.25) is 5.91 Å². The second kappa shape index (κ2) is 6.29. The largest absolute Gasteiger partial charge is 0.368 e. The van der Waals surface area contributed by atoms with Gasteiger partial charge in [-0.25, -0.2) is 0 Å². The summed E-state index contributed by atoms with van der Waals surface area (Å²) in [5, 5.41) is 3.56. The molecule has 3 N–H and O–H groups in total. The van der Waals surface area contributed by atoms with Crippen LogP contribution in [0.1, 0.15) is 51.9 Å². The first-order valence-electron chi connectivity index (χ1n) is 7.34. The molecule has 2 saturated carbocycles. The lowest BCUT2D eigenvalue weighted by Crippen LogP contribution is -2.60. The molecule has 0 bridgehead atoms. The maximum Gasteiger partial charge on any atom is 0.238 e. The van der Waals surface area contributed by atoms with Gasteiger partial charge in [-0.3, -0.25) is 10.1 Å². The maximum absolute atomic E-state index is 11.9. The highest BCUT2D eigenvalue weighted by molar-refractivity contribution is 7.99. The van der Waals surface area contributed by atoms with Gasteiger partial charge in [0.1, 0.15) is 5.54 Å². The third-order valence-electron chi connectivity index (χ3n) is 3.97. The average molecular weight is 270 g/mol. The van der Waals surface area contributed by atoms with Crippen molar-refractivity contribution in [2.75, 3.05) is 11.5 Å². The highest BCUT2D eigenvalue weighted by Crippen LogP contribution is 2.43. The number of hydrogen-bond acceptors (Lipinski definition) is 3. The molecule has 4 heteroatoms. The van der Waals surface area contributed by atoms with Crippen molar-refractivity contribution in [2.24, 2.45) is 11.7 Å². The third kappa shape index (κ3) is 3.64. The van der Waals surface area contributed by atoms with E-state index in [-0.39, 0.29) is 5.91 Å².